The number of aromatic nitrogens is 3. The van der Waals surface area contributed by atoms with Crippen molar-refractivity contribution in [1.82, 2.24) is 34.2 Å². The van der Waals surface area contributed by atoms with E-state index in [1.54, 1.807) is 11.3 Å². The number of fused-ring (bicyclic) bond motifs is 5. The van der Waals surface area contributed by atoms with Crippen LogP contribution in [0, 0.1) is 11.3 Å². The van der Waals surface area contributed by atoms with Crippen molar-refractivity contribution in [2.24, 2.45) is 4.99 Å². The number of likely N-dealkylation sites (tertiary alicyclic amines) is 2. The SMILES string of the molecule is CNS(=O)(=O)N[C@H]1CCCN(C2=NC(c3noc4c3CCC[C@@]43CCCc4sc(N)c(C#N)c43)Nc3c2cnn3[C@@H](C)[C@@H]2CCCN2C)C1. The highest BCUT2D eigenvalue weighted by Gasteiger charge is 2.49. The van der Waals surface area contributed by atoms with E-state index >= 15 is 0 Å². The zero-order chi connectivity index (χ0) is 34.1. The molecule has 5 atom stereocenters. The van der Waals surface area contributed by atoms with Gasteiger partial charge in [-0.2, -0.15) is 23.5 Å². The minimum atomic E-state index is -3.60. The molecule has 0 amide bonds. The van der Waals surface area contributed by atoms with Crippen LogP contribution in [0.4, 0.5) is 10.8 Å². The molecule has 0 radical (unpaired) electrons. The summed E-state index contributed by atoms with van der Waals surface area (Å²) in [5, 5.41) is 24.2. The lowest BCUT2D eigenvalue weighted by Gasteiger charge is -2.39. The van der Waals surface area contributed by atoms with E-state index in [1.807, 2.05) is 6.20 Å². The van der Waals surface area contributed by atoms with Gasteiger partial charge in [0.25, 0.3) is 10.2 Å². The van der Waals surface area contributed by atoms with Crippen molar-refractivity contribution in [3.63, 3.8) is 0 Å². The first-order chi connectivity index (χ1) is 23.6. The van der Waals surface area contributed by atoms with Crippen molar-refractivity contribution in [3.8, 4) is 6.07 Å². The maximum Gasteiger partial charge on any atom is 0.276 e. The van der Waals surface area contributed by atoms with Gasteiger partial charge in [-0.15, -0.1) is 11.3 Å². The summed E-state index contributed by atoms with van der Waals surface area (Å²) in [7, 11) is -0.00339. The van der Waals surface area contributed by atoms with Gasteiger partial charge in [-0.25, -0.2) is 14.4 Å². The molecule has 0 saturated carbocycles. The van der Waals surface area contributed by atoms with Crippen molar-refractivity contribution in [1.29, 1.82) is 5.26 Å². The van der Waals surface area contributed by atoms with Crippen LogP contribution in [-0.4, -0.2) is 84.8 Å². The average molecular weight is 708 g/mol. The zero-order valence-corrected chi connectivity index (χ0v) is 30.0. The number of nitrogens with two attached hydrogens (primary N) is 1. The van der Waals surface area contributed by atoms with Crippen LogP contribution in [0.5, 0.6) is 0 Å². The summed E-state index contributed by atoms with van der Waals surface area (Å²) < 4.78 is 38.5. The van der Waals surface area contributed by atoms with Gasteiger partial charge in [0.15, 0.2) is 11.9 Å². The van der Waals surface area contributed by atoms with Crippen molar-refractivity contribution in [2.75, 3.05) is 44.8 Å². The van der Waals surface area contributed by atoms with Gasteiger partial charge in [-0.1, -0.05) is 5.16 Å². The van der Waals surface area contributed by atoms with Gasteiger partial charge in [0.2, 0.25) is 0 Å². The summed E-state index contributed by atoms with van der Waals surface area (Å²) in [6, 6.07) is 2.62. The number of rotatable bonds is 6. The first kappa shape index (κ1) is 32.7. The minimum absolute atomic E-state index is 0.115. The van der Waals surface area contributed by atoms with Crippen molar-refractivity contribution in [3.05, 3.63) is 44.8 Å². The molecule has 1 unspecified atom stereocenters. The van der Waals surface area contributed by atoms with E-state index in [1.165, 1.54) is 11.9 Å². The van der Waals surface area contributed by atoms with Gasteiger partial charge < -0.3 is 25.4 Å². The van der Waals surface area contributed by atoms with E-state index in [0.717, 1.165) is 117 Å². The molecule has 14 nitrogen and oxygen atoms in total. The Kier molecular flexibility index (Phi) is 8.26. The lowest BCUT2D eigenvalue weighted by atomic mass is 9.63. The number of aliphatic imine (C=N–C) groups is 1. The van der Waals surface area contributed by atoms with Gasteiger partial charge >= 0.3 is 0 Å². The number of anilines is 2. The Morgan fingerprint density at radius 3 is 2.76 bits per heavy atom. The summed E-state index contributed by atoms with van der Waals surface area (Å²) in [4.78, 5) is 11.1. The lowest BCUT2D eigenvalue weighted by Crippen LogP contribution is -2.52. The Balaban J connectivity index is 1.21. The number of amidine groups is 1. The molecular weight excluding hydrogens is 663 g/mol. The maximum atomic E-state index is 12.4. The number of nitrogens with zero attached hydrogens (tertiary/aromatic N) is 7. The van der Waals surface area contributed by atoms with Gasteiger partial charge in [0.05, 0.1) is 28.8 Å². The predicted octanol–water partition coefficient (Wildman–Crippen LogP) is 3.39. The molecule has 0 bridgehead atoms. The summed E-state index contributed by atoms with van der Waals surface area (Å²) in [5.41, 5.74) is 10.3. The summed E-state index contributed by atoms with van der Waals surface area (Å²) in [6.07, 6.45) is 10.6. The van der Waals surface area contributed by atoms with Gasteiger partial charge in [-0.05, 0) is 90.3 Å². The fraction of sp³-hybridized carbons (Fsp3) is 0.636. The predicted molar refractivity (Wildman–Crippen MR) is 188 cm³/mol. The fourth-order valence-electron chi connectivity index (χ4n) is 9.24. The number of nitrogens with one attached hydrogen (secondary N) is 3. The average Bonchev–Trinajstić information content (AvgIpc) is 3.89. The molecule has 49 heavy (non-hydrogen) atoms. The molecule has 262 valence electrons. The highest BCUT2D eigenvalue weighted by Crippen LogP contribution is 2.55. The quantitative estimate of drug-likeness (QED) is 0.296. The van der Waals surface area contributed by atoms with Crippen LogP contribution in [0.15, 0.2) is 15.7 Å². The number of hydrogen-bond donors (Lipinski definition) is 4. The molecule has 16 heteroatoms. The number of hydrogen-bond acceptors (Lipinski definition) is 12. The van der Waals surface area contributed by atoms with Gasteiger partial charge in [0, 0.05) is 42.7 Å². The molecule has 2 saturated heterocycles. The second kappa shape index (κ2) is 12.4. The van der Waals surface area contributed by atoms with Crippen LogP contribution >= 0.6 is 11.3 Å². The Morgan fingerprint density at radius 2 is 2.00 bits per heavy atom. The van der Waals surface area contributed by atoms with Gasteiger partial charge in [-0.3, -0.25) is 0 Å². The normalized spacial score (nSPS) is 27.6. The molecule has 8 rings (SSSR count). The number of nitrogen functional groups attached to an aromatic ring is 1. The number of thiophene rings is 1. The lowest BCUT2D eigenvalue weighted by molar-refractivity contribution is 0.230. The number of piperidine rings is 1. The Labute approximate surface area is 291 Å². The molecular formula is C33H45N11O3S2. The van der Waals surface area contributed by atoms with Crippen molar-refractivity contribution < 1.29 is 12.9 Å². The first-order valence-corrected chi connectivity index (χ1v) is 19.8. The third kappa shape index (κ3) is 5.36. The van der Waals surface area contributed by atoms with E-state index in [9.17, 15) is 13.7 Å². The van der Waals surface area contributed by atoms with E-state index in [2.05, 4.69) is 49.3 Å². The third-order valence-electron chi connectivity index (χ3n) is 11.5. The Morgan fingerprint density at radius 1 is 1.20 bits per heavy atom. The van der Waals surface area contributed by atoms with E-state index in [-0.39, 0.29) is 12.1 Å². The second-order valence-electron chi connectivity index (χ2n) is 14.3. The van der Waals surface area contributed by atoms with Crippen molar-refractivity contribution in [2.45, 2.75) is 101 Å². The minimum Gasteiger partial charge on any atom is -0.389 e. The highest BCUT2D eigenvalue weighted by atomic mass is 32.2. The summed E-state index contributed by atoms with van der Waals surface area (Å²) >= 11 is 1.54. The highest BCUT2D eigenvalue weighted by molar-refractivity contribution is 7.87. The fourth-order valence-corrected chi connectivity index (χ4v) is 11.2. The third-order valence-corrected chi connectivity index (χ3v) is 13.8. The summed E-state index contributed by atoms with van der Waals surface area (Å²) in [5.74, 6) is 2.52. The van der Waals surface area contributed by atoms with E-state index < -0.39 is 21.8 Å². The molecule has 2 aliphatic carbocycles. The smallest absolute Gasteiger partial charge is 0.276 e. The van der Waals surface area contributed by atoms with Gasteiger partial charge in [0.1, 0.15) is 28.4 Å². The molecule has 5 aliphatic rings. The van der Waals surface area contributed by atoms with Crippen LogP contribution in [0.25, 0.3) is 0 Å². The topological polar surface area (TPSA) is 183 Å². The monoisotopic (exact) mass is 707 g/mol. The molecule has 3 aromatic heterocycles. The summed E-state index contributed by atoms with van der Waals surface area (Å²) in [6.45, 7) is 4.52. The largest absolute Gasteiger partial charge is 0.389 e. The Hall–Kier alpha value is -3.49. The molecule has 1 spiro atoms. The second-order valence-corrected chi connectivity index (χ2v) is 17.1. The molecule has 6 heterocycles. The maximum absolute atomic E-state index is 12.4. The number of aryl methyl sites for hydroxylation is 1. The Bertz CT molecular complexity index is 1940. The standard InChI is InChI=1S/C33H45N11O3S2/c1-19(24-10-7-14-42(24)3)44-32-23(17-37-44)31(43-15-6-8-20(18-43)41-49(45,46)36-2)38-30(39-32)27-21-9-4-12-33(28(21)47-40-27)13-5-11-25-26(33)22(16-34)29(35)48-25/h17,19-20,24,30,36,39,41H,4-15,18,35H2,1-3H3/t19-,20-,24-,30?,33-/m0/s1. The van der Waals surface area contributed by atoms with Crippen LogP contribution in [-0.2, 0) is 28.5 Å². The van der Waals surface area contributed by atoms with Crippen LogP contribution in [0.1, 0.15) is 109 Å². The zero-order valence-electron chi connectivity index (χ0n) is 28.3. The molecule has 2 fully saturated rings. The van der Waals surface area contributed by atoms with Crippen LogP contribution in [0.3, 0.4) is 0 Å². The first-order valence-electron chi connectivity index (χ1n) is 17.5. The van der Waals surface area contributed by atoms with Crippen LogP contribution < -0.4 is 20.5 Å². The van der Waals surface area contributed by atoms with Crippen molar-refractivity contribution >= 4 is 38.2 Å². The van der Waals surface area contributed by atoms with E-state index in [0.29, 0.717) is 23.2 Å². The van der Waals surface area contributed by atoms with Crippen LogP contribution in [0.2, 0.25) is 0 Å². The molecule has 0 aromatic carbocycles. The van der Waals surface area contributed by atoms with E-state index in [4.69, 9.17) is 25.5 Å². The molecule has 3 aliphatic heterocycles. The number of likely N-dealkylation sites (N-methyl/N-ethyl adjacent to an activating group) is 1. The molecule has 5 N–H and O–H groups in total. The molecule has 3 aromatic rings. The number of nitriles is 1.